The van der Waals surface area contributed by atoms with Crippen molar-refractivity contribution in [2.75, 3.05) is 10.6 Å². The minimum Gasteiger partial charge on any atom is -0.335 e. The maximum Gasteiger partial charge on any atom is 0.319 e. The highest BCUT2D eigenvalue weighted by molar-refractivity contribution is 14.1. The van der Waals surface area contributed by atoms with Gasteiger partial charge in [0, 0.05) is 20.6 Å². The highest BCUT2D eigenvalue weighted by atomic mass is 127. The summed E-state index contributed by atoms with van der Waals surface area (Å²) >= 11 is 5.52. The predicted octanol–water partition coefficient (Wildman–Crippen LogP) is 3.20. The molecule has 0 aliphatic rings. The third-order valence-electron chi connectivity index (χ3n) is 1.71. The van der Waals surface area contributed by atoms with Gasteiger partial charge in [-0.2, -0.15) is 0 Å². The monoisotopic (exact) mass is 382 g/mol. The number of carbonyl (C=O) groups is 1. The Morgan fingerprint density at radius 3 is 2.60 bits per heavy atom. The molecule has 1 atom stereocenters. The maximum atomic E-state index is 11.4. The van der Waals surface area contributed by atoms with Crippen molar-refractivity contribution in [1.82, 2.24) is 5.32 Å². The van der Waals surface area contributed by atoms with E-state index in [0.29, 0.717) is 0 Å². The number of alkyl halides is 1. The van der Waals surface area contributed by atoms with E-state index in [1.807, 2.05) is 31.2 Å². The van der Waals surface area contributed by atoms with E-state index < -0.39 is 0 Å². The highest BCUT2D eigenvalue weighted by Crippen LogP contribution is 2.10. The van der Waals surface area contributed by atoms with Crippen LogP contribution in [0.1, 0.15) is 6.92 Å². The topological polar surface area (TPSA) is 41.1 Å². The van der Waals surface area contributed by atoms with Crippen molar-refractivity contribution in [3.8, 4) is 0 Å². The first-order chi connectivity index (χ1) is 7.11. The summed E-state index contributed by atoms with van der Waals surface area (Å²) in [7, 11) is 0. The molecule has 82 valence electrons. The molecule has 0 spiro atoms. The number of halogens is 2. The van der Waals surface area contributed by atoms with Gasteiger partial charge in [-0.3, -0.25) is 0 Å². The molecule has 0 bridgehead atoms. The second-order valence-corrected chi connectivity index (χ2v) is 5.05. The fourth-order valence-electron chi connectivity index (χ4n) is 0.963. The van der Waals surface area contributed by atoms with Gasteiger partial charge in [0.1, 0.15) is 0 Å². The van der Waals surface area contributed by atoms with Gasteiger partial charge in [0.15, 0.2) is 0 Å². The van der Waals surface area contributed by atoms with Crippen LogP contribution >= 0.6 is 38.5 Å². The first-order valence-electron chi connectivity index (χ1n) is 4.51. The Kier molecular flexibility index (Phi) is 5.38. The Hall–Kier alpha value is -0.300. The largest absolute Gasteiger partial charge is 0.335 e. The molecule has 1 rings (SSSR count). The molecule has 0 radical (unpaired) electrons. The Morgan fingerprint density at radius 2 is 2.07 bits per heavy atom. The van der Waals surface area contributed by atoms with E-state index in [2.05, 4.69) is 49.2 Å². The van der Waals surface area contributed by atoms with Crippen LogP contribution in [-0.4, -0.2) is 17.4 Å². The summed E-state index contributed by atoms with van der Waals surface area (Å²) in [6, 6.07) is 7.59. The van der Waals surface area contributed by atoms with Crippen LogP contribution in [0.4, 0.5) is 10.5 Å². The molecule has 2 N–H and O–H groups in total. The molecule has 5 heteroatoms. The molecule has 0 saturated carbocycles. The lowest BCUT2D eigenvalue weighted by atomic mass is 10.3. The quantitative estimate of drug-likeness (QED) is 0.611. The number of urea groups is 1. The summed E-state index contributed by atoms with van der Waals surface area (Å²) in [5, 5.41) is 6.30. The van der Waals surface area contributed by atoms with Crippen molar-refractivity contribution in [3.63, 3.8) is 0 Å². The van der Waals surface area contributed by atoms with Crippen molar-refractivity contribution in [1.29, 1.82) is 0 Å². The number of rotatable bonds is 3. The van der Waals surface area contributed by atoms with Gasteiger partial charge >= 0.3 is 6.03 Å². The van der Waals surface area contributed by atoms with E-state index in [1.54, 1.807) is 0 Å². The highest BCUT2D eigenvalue weighted by Gasteiger charge is 2.05. The average molecular weight is 383 g/mol. The zero-order chi connectivity index (χ0) is 11.3. The Morgan fingerprint density at radius 1 is 1.47 bits per heavy atom. The lowest BCUT2D eigenvalue weighted by molar-refractivity contribution is 0.250. The van der Waals surface area contributed by atoms with E-state index in [-0.39, 0.29) is 12.1 Å². The number of carbonyl (C=O) groups excluding carboxylic acids is 1. The SMILES string of the molecule is C[C@H](CBr)NC(=O)Nc1ccc(I)cc1. The number of benzene rings is 1. The fraction of sp³-hybridized carbons (Fsp3) is 0.300. The molecule has 1 aromatic rings. The summed E-state index contributed by atoms with van der Waals surface area (Å²) < 4.78 is 1.15. The van der Waals surface area contributed by atoms with Gasteiger partial charge in [-0.25, -0.2) is 4.79 Å². The fourth-order valence-corrected chi connectivity index (χ4v) is 1.48. The number of amides is 2. The van der Waals surface area contributed by atoms with Crippen molar-refractivity contribution >= 4 is 50.2 Å². The maximum absolute atomic E-state index is 11.4. The van der Waals surface area contributed by atoms with E-state index in [4.69, 9.17) is 0 Å². The first-order valence-corrected chi connectivity index (χ1v) is 6.71. The van der Waals surface area contributed by atoms with Crippen LogP contribution in [0.5, 0.6) is 0 Å². The standard InChI is InChI=1S/C10H12BrIN2O/c1-7(6-11)13-10(15)14-9-4-2-8(12)3-5-9/h2-5,7H,6H2,1H3,(H2,13,14,15)/t7-/m1/s1. The molecular weight excluding hydrogens is 371 g/mol. The number of hydrogen-bond donors (Lipinski definition) is 2. The summed E-state index contributed by atoms with van der Waals surface area (Å²) in [5.41, 5.74) is 0.801. The van der Waals surface area contributed by atoms with Gasteiger partial charge < -0.3 is 10.6 Å². The zero-order valence-corrected chi connectivity index (χ0v) is 12.0. The summed E-state index contributed by atoms with van der Waals surface area (Å²) in [5.74, 6) is 0. The smallest absolute Gasteiger partial charge is 0.319 e. The molecule has 0 saturated heterocycles. The molecule has 0 fully saturated rings. The molecule has 2 amide bonds. The Labute approximate surface area is 111 Å². The summed E-state index contributed by atoms with van der Waals surface area (Å²) in [6.07, 6.45) is 0. The van der Waals surface area contributed by atoms with Crippen LogP contribution in [0, 0.1) is 3.57 Å². The van der Waals surface area contributed by atoms with Crippen LogP contribution in [0.3, 0.4) is 0 Å². The molecule has 0 aliphatic heterocycles. The zero-order valence-electron chi connectivity index (χ0n) is 8.26. The molecule has 0 unspecified atom stereocenters. The van der Waals surface area contributed by atoms with E-state index in [1.165, 1.54) is 0 Å². The van der Waals surface area contributed by atoms with Crippen LogP contribution < -0.4 is 10.6 Å². The average Bonchev–Trinajstić information content (AvgIpc) is 2.21. The molecule has 1 aromatic carbocycles. The van der Waals surface area contributed by atoms with Crippen molar-refractivity contribution < 1.29 is 4.79 Å². The van der Waals surface area contributed by atoms with Gasteiger partial charge in [0.2, 0.25) is 0 Å². The van der Waals surface area contributed by atoms with E-state index in [9.17, 15) is 4.79 Å². The molecular formula is C10H12BrIN2O. The number of hydrogen-bond acceptors (Lipinski definition) is 1. The normalized spacial score (nSPS) is 11.9. The lowest BCUT2D eigenvalue weighted by Gasteiger charge is -2.11. The third-order valence-corrected chi connectivity index (χ3v) is 3.40. The molecule has 0 heterocycles. The van der Waals surface area contributed by atoms with Crippen molar-refractivity contribution in [2.24, 2.45) is 0 Å². The third kappa shape index (κ3) is 4.83. The van der Waals surface area contributed by atoms with E-state index >= 15 is 0 Å². The lowest BCUT2D eigenvalue weighted by Crippen LogP contribution is -2.36. The van der Waals surface area contributed by atoms with Crippen LogP contribution in [0.2, 0.25) is 0 Å². The van der Waals surface area contributed by atoms with Gasteiger partial charge in [0.25, 0.3) is 0 Å². The van der Waals surface area contributed by atoms with Crippen LogP contribution in [-0.2, 0) is 0 Å². The minimum absolute atomic E-state index is 0.119. The molecule has 0 aromatic heterocycles. The molecule has 0 aliphatic carbocycles. The first kappa shape index (κ1) is 12.8. The van der Waals surface area contributed by atoms with Crippen molar-refractivity contribution in [3.05, 3.63) is 27.8 Å². The molecule has 15 heavy (non-hydrogen) atoms. The molecule has 3 nitrogen and oxygen atoms in total. The van der Waals surface area contributed by atoms with Crippen LogP contribution in [0.15, 0.2) is 24.3 Å². The Balaban J connectivity index is 2.48. The number of anilines is 1. The summed E-state index contributed by atoms with van der Waals surface area (Å²) in [6.45, 7) is 1.93. The second-order valence-electron chi connectivity index (χ2n) is 3.16. The Bertz CT molecular complexity index is 329. The number of nitrogens with one attached hydrogen (secondary N) is 2. The second kappa shape index (κ2) is 6.32. The van der Waals surface area contributed by atoms with Crippen LogP contribution in [0.25, 0.3) is 0 Å². The van der Waals surface area contributed by atoms with Gasteiger partial charge in [-0.15, -0.1) is 0 Å². The summed E-state index contributed by atoms with van der Waals surface area (Å²) in [4.78, 5) is 11.4. The van der Waals surface area contributed by atoms with Gasteiger partial charge in [0.05, 0.1) is 0 Å². The minimum atomic E-state index is -0.178. The van der Waals surface area contributed by atoms with E-state index in [0.717, 1.165) is 14.6 Å². The predicted molar refractivity (Wildman–Crippen MR) is 74.6 cm³/mol. The van der Waals surface area contributed by atoms with Gasteiger partial charge in [-0.1, -0.05) is 15.9 Å². The van der Waals surface area contributed by atoms with Gasteiger partial charge in [-0.05, 0) is 53.8 Å². The van der Waals surface area contributed by atoms with Crippen molar-refractivity contribution in [2.45, 2.75) is 13.0 Å².